The highest BCUT2D eigenvalue weighted by atomic mass is 32.1. The Hall–Kier alpha value is -1.16. The van der Waals surface area contributed by atoms with Gasteiger partial charge in [0.25, 0.3) is 0 Å². The summed E-state index contributed by atoms with van der Waals surface area (Å²) >= 11 is 1.66. The molecule has 0 spiro atoms. The van der Waals surface area contributed by atoms with E-state index < -0.39 is 5.60 Å². The number of rotatable bonds is 5. The lowest BCUT2D eigenvalue weighted by Crippen LogP contribution is -2.51. The van der Waals surface area contributed by atoms with E-state index in [1.54, 1.807) is 11.3 Å². The lowest BCUT2D eigenvalue weighted by atomic mass is 9.85. The highest BCUT2D eigenvalue weighted by Gasteiger charge is 2.40. The second-order valence-electron chi connectivity index (χ2n) is 6.34. The van der Waals surface area contributed by atoms with Gasteiger partial charge in [-0.3, -0.25) is 4.90 Å². The van der Waals surface area contributed by atoms with Gasteiger partial charge in [0.05, 0.1) is 0 Å². The Morgan fingerprint density at radius 1 is 1.09 bits per heavy atom. The summed E-state index contributed by atoms with van der Waals surface area (Å²) in [4.78, 5) is 3.54. The van der Waals surface area contributed by atoms with Crippen LogP contribution in [0.1, 0.15) is 36.6 Å². The fourth-order valence-electron chi connectivity index (χ4n) is 3.48. The molecule has 2 unspecified atom stereocenters. The first-order valence-electron chi connectivity index (χ1n) is 8.24. The smallest absolute Gasteiger partial charge is 0.118 e. The second kappa shape index (κ2) is 6.95. The zero-order valence-corrected chi connectivity index (χ0v) is 14.1. The van der Waals surface area contributed by atoms with Crippen molar-refractivity contribution in [2.24, 2.45) is 0 Å². The molecule has 0 aliphatic carbocycles. The zero-order valence-electron chi connectivity index (χ0n) is 13.2. The van der Waals surface area contributed by atoms with Crippen LogP contribution in [-0.4, -0.2) is 29.1 Å². The highest BCUT2D eigenvalue weighted by Crippen LogP contribution is 2.36. The molecule has 2 aromatic rings. The van der Waals surface area contributed by atoms with Crippen LogP contribution in [0.4, 0.5) is 0 Å². The molecule has 1 aliphatic rings. The van der Waals surface area contributed by atoms with Gasteiger partial charge in [-0.2, -0.15) is 0 Å². The first-order valence-corrected chi connectivity index (χ1v) is 9.12. The molecular weight excluding hydrogens is 290 g/mol. The van der Waals surface area contributed by atoms with Gasteiger partial charge in [-0.15, -0.1) is 11.3 Å². The molecule has 2 atom stereocenters. The Bertz CT molecular complexity index is 562. The van der Waals surface area contributed by atoms with Gasteiger partial charge in [0.1, 0.15) is 5.60 Å². The summed E-state index contributed by atoms with van der Waals surface area (Å²) in [5, 5.41) is 13.7. The first kappa shape index (κ1) is 15.7. The minimum absolute atomic E-state index is 0.131. The maximum Gasteiger partial charge on any atom is 0.118 e. The molecule has 0 saturated carbocycles. The summed E-state index contributed by atoms with van der Waals surface area (Å²) in [7, 11) is 0. The average molecular weight is 315 g/mol. The van der Waals surface area contributed by atoms with Crippen molar-refractivity contribution >= 4 is 11.3 Å². The Kier molecular flexibility index (Phi) is 4.97. The van der Waals surface area contributed by atoms with Crippen molar-refractivity contribution in [1.29, 1.82) is 0 Å². The van der Waals surface area contributed by atoms with E-state index in [0.29, 0.717) is 6.42 Å². The van der Waals surface area contributed by atoms with Gasteiger partial charge in [-0.05, 0) is 49.9 Å². The molecule has 22 heavy (non-hydrogen) atoms. The number of hydrogen-bond acceptors (Lipinski definition) is 3. The zero-order chi connectivity index (χ0) is 15.4. The largest absolute Gasteiger partial charge is 0.382 e. The molecule has 1 fully saturated rings. The minimum Gasteiger partial charge on any atom is -0.382 e. The van der Waals surface area contributed by atoms with Gasteiger partial charge < -0.3 is 5.11 Å². The number of benzene rings is 1. The van der Waals surface area contributed by atoms with E-state index in [1.165, 1.54) is 24.8 Å². The monoisotopic (exact) mass is 315 g/mol. The van der Waals surface area contributed by atoms with Crippen molar-refractivity contribution in [3.63, 3.8) is 0 Å². The highest BCUT2D eigenvalue weighted by molar-refractivity contribution is 7.10. The molecule has 3 rings (SSSR count). The third kappa shape index (κ3) is 3.27. The van der Waals surface area contributed by atoms with Gasteiger partial charge in [0.2, 0.25) is 0 Å². The summed E-state index contributed by atoms with van der Waals surface area (Å²) in [6, 6.07) is 14.6. The van der Waals surface area contributed by atoms with Crippen molar-refractivity contribution < 1.29 is 5.11 Å². The predicted octanol–water partition coefficient (Wildman–Crippen LogP) is 4.05. The minimum atomic E-state index is -0.813. The lowest BCUT2D eigenvalue weighted by molar-refractivity contribution is -0.0485. The molecule has 1 aromatic carbocycles. The molecular formula is C19H25NOS. The van der Waals surface area contributed by atoms with Crippen molar-refractivity contribution in [3.8, 4) is 0 Å². The van der Waals surface area contributed by atoms with E-state index in [1.807, 2.05) is 12.1 Å². The molecule has 2 nitrogen and oxygen atoms in total. The molecule has 118 valence electrons. The van der Waals surface area contributed by atoms with Gasteiger partial charge in [0.15, 0.2) is 0 Å². The van der Waals surface area contributed by atoms with Crippen molar-refractivity contribution in [1.82, 2.24) is 4.90 Å². The predicted molar refractivity (Wildman–Crippen MR) is 93.2 cm³/mol. The van der Waals surface area contributed by atoms with Crippen molar-refractivity contribution in [3.05, 3.63) is 58.3 Å². The fourth-order valence-corrected chi connectivity index (χ4v) is 4.39. The Balaban J connectivity index is 1.89. The fraction of sp³-hybridized carbons (Fsp3) is 0.474. The normalized spacial score (nSPS) is 20.5. The Morgan fingerprint density at radius 3 is 2.45 bits per heavy atom. The van der Waals surface area contributed by atoms with Gasteiger partial charge >= 0.3 is 0 Å². The van der Waals surface area contributed by atoms with E-state index in [2.05, 4.69) is 47.5 Å². The molecule has 0 amide bonds. The van der Waals surface area contributed by atoms with Crippen LogP contribution >= 0.6 is 11.3 Å². The first-order chi connectivity index (χ1) is 10.7. The molecule has 0 bridgehead atoms. The number of thiophene rings is 1. The Labute approximate surface area is 137 Å². The summed E-state index contributed by atoms with van der Waals surface area (Å²) in [6.07, 6.45) is 4.48. The molecule has 2 heterocycles. The van der Waals surface area contributed by atoms with Crippen molar-refractivity contribution in [2.75, 3.05) is 13.1 Å². The lowest BCUT2D eigenvalue weighted by Gasteiger charge is -2.42. The molecule has 1 saturated heterocycles. The molecule has 3 heteroatoms. The average Bonchev–Trinajstić information content (AvgIpc) is 3.11. The van der Waals surface area contributed by atoms with Gasteiger partial charge in [0, 0.05) is 17.3 Å². The number of nitrogens with zero attached hydrogens (tertiary/aromatic N) is 1. The Morgan fingerprint density at radius 2 is 1.82 bits per heavy atom. The number of likely N-dealkylation sites (tertiary alicyclic amines) is 1. The van der Waals surface area contributed by atoms with Crippen LogP contribution in [0.3, 0.4) is 0 Å². The molecule has 1 aliphatic heterocycles. The SMILES string of the molecule is CC(N1CCCCC1)C(O)(Cc1ccccc1)c1cccs1. The van der Waals surface area contributed by atoms with Crippen LogP contribution in [-0.2, 0) is 12.0 Å². The van der Waals surface area contributed by atoms with Crippen LogP contribution in [0.25, 0.3) is 0 Å². The van der Waals surface area contributed by atoms with Gasteiger partial charge in [-0.25, -0.2) is 0 Å². The van der Waals surface area contributed by atoms with E-state index in [0.717, 1.165) is 18.0 Å². The summed E-state index contributed by atoms with van der Waals surface area (Å²) in [5.41, 5.74) is 0.384. The van der Waals surface area contributed by atoms with E-state index in [4.69, 9.17) is 0 Å². The third-order valence-corrected chi connectivity index (χ3v) is 5.93. The standard InChI is InChI=1S/C19H25NOS/c1-16(20-12-6-3-7-13-20)19(21,18-11-8-14-22-18)15-17-9-4-2-5-10-17/h2,4-5,8-11,14,16,21H,3,6-7,12-13,15H2,1H3. The quantitative estimate of drug-likeness (QED) is 0.899. The second-order valence-corrected chi connectivity index (χ2v) is 7.28. The number of piperidine rings is 1. The van der Waals surface area contributed by atoms with Crippen molar-refractivity contribution in [2.45, 2.75) is 44.2 Å². The molecule has 1 aromatic heterocycles. The summed E-state index contributed by atoms with van der Waals surface area (Å²) < 4.78 is 0. The molecule has 0 radical (unpaired) electrons. The van der Waals surface area contributed by atoms with Gasteiger partial charge in [-0.1, -0.05) is 42.8 Å². The topological polar surface area (TPSA) is 23.5 Å². The van der Waals surface area contributed by atoms with E-state index in [-0.39, 0.29) is 6.04 Å². The summed E-state index contributed by atoms with van der Waals surface area (Å²) in [6.45, 7) is 4.39. The summed E-state index contributed by atoms with van der Waals surface area (Å²) in [5.74, 6) is 0. The molecule has 1 N–H and O–H groups in total. The van der Waals surface area contributed by atoms with Crippen LogP contribution in [0.5, 0.6) is 0 Å². The van der Waals surface area contributed by atoms with E-state index in [9.17, 15) is 5.11 Å². The number of hydrogen-bond donors (Lipinski definition) is 1. The maximum atomic E-state index is 11.6. The van der Waals surface area contributed by atoms with Crippen LogP contribution < -0.4 is 0 Å². The van der Waals surface area contributed by atoms with Crippen LogP contribution in [0, 0.1) is 0 Å². The van der Waals surface area contributed by atoms with E-state index >= 15 is 0 Å². The van der Waals surface area contributed by atoms with Crippen LogP contribution in [0.15, 0.2) is 47.8 Å². The van der Waals surface area contributed by atoms with Crippen LogP contribution in [0.2, 0.25) is 0 Å². The third-order valence-electron chi connectivity index (χ3n) is 4.89. The number of aliphatic hydroxyl groups is 1. The maximum absolute atomic E-state index is 11.6.